The SMILES string of the molecule is CC(NC(=O)c1cc(C2CC2)on1)c1ccc(Cl)cc1. The highest BCUT2D eigenvalue weighted by Gasteiger charge is 2.29. The maximum absolute atomic E-state index is 12.1. The third-order valence-corrected chi connectivity index (χ3v) is 3.71. The number of rotatable bonds is 4. The normalized spacial score (nSPS) is 15.9. The van der Waals surface area contributed by atoms with E-state index in [-0.39, 0.29) is 11.9 Å². The summed E-state index contributed by atoms with van der Waals surface area (Å²) in [7, 11) is 0. The molecule has 2 aromatic rings. The molecule has 1 fully saturated rings. The lowest BCUT2D eigenvalue weighted by molar-refractivity contribution is 0.0930. The van der Waals surface area contributed by atoms with Crippen molar-refractivity contribution in [3.63, 3.8) is 0 Å². The average Bonchev–Trinajstić information content (AvgIpc) is 3.17. The van der Waals surface area contributed by atoms with E-state index in [1.54, 1.807) is 18.2 Å². The van der Waals surface area contributed by atoms with Crippen LogP contribution in [-0.4, -0.2) is 11.1 Å². The Morgan fingerprint density at radius 1 is 1.40 bits per heavy atom. The first-order chi connectivity index (χ1) is 9.63. The van der Waals surface area contributed by atoms with E-state index in [4.69, 9.17) is 16.1 Å². The molecule has 1 N–H and O–H groups in total. The molecule has 1 aliphatic carbocycles. The number of benzene rings is 1. The van der Waals surface area contributed by atoms with Crippen molar-refractivity contribution < 1.29 is 9.32 Å². The van der Waals surface area contributed by atoms with Gasteiger partial charge in [0.05, 0.1) is 6.04 Å². The standard InChI is InChI=1S/C15H15ClN2O2/c1-9(10-4-6-12(16)7-5-10)17-15(19)13-8-14(20-18-13)11-2-3-11/h4-9,11H,2-3H2,1H3,(H,17,19). The molecule has 0 radical (unpaired) electrons. The maximum Gasteiger partial charge on any atom is 0.273 e. The van der Waals surface area contributed by atoms with Crippen LogP contribution in [0.3, 0.4) is 0 Å². The smallest absolute Gasteiger partial charge is 0.273 e. The maximum atomic E-state index is 12.1. The molecule has 3 rings (SSSR count). The van der Waals surface area contributed by atoms with Crippen LogP contribution in [0, 0.1) is 0 Å². The summed E-state index contributed by atoms with van der Waals surface area (Å²) in [5, 5.41) is 7.41. The van der Waals surface area contributed by atoms with Crippen LogP contribution in [0.4, 0.5) is 0 Å². The number of amides is 1. The third kappa shape index (κ3) is 2.85. The van der Waals surface area contributed by atoms with Gasteiger partial charge in [-0.3, -0.25) is 4.79 Å². The van der Waals surface area contributed by atoms with Gasteiger partial charge in [0.25, 0.3) is 5.91 Å². The molecule has 0 saturated heterocycles. The molecule has 104 valence electrons. The van der Waals surface area contributed by atoms with Crippen LogP contribution in [0.2, 0.25) is 5.02 Å². The Morgan fingerprint density at radius 3 is 2.75 bits per heavy atom. The van der Waals surface area contributed by atoms with Gasteiger partial charge in [-0.2, -0.15) is 0 Å². The number of aromatic nitrogens is 1. The fraction of sp³-hybridized carbons (Fsp3) is 0.333. The van der Waals surface area contributed by atoms with Crippen molar-refractivity contribution in [2.75, 3.05) is 0 Å². The van der Waals surface area contributed by atoms with E-state index < -0.39 is 0 Å². The van der Waals surface area contributed by atoms with Crippen molar-refractivity contribution in [3.8, 4) is 0 Å². The summed E-state index contributed by atoms with van der Waals surface area (Å²) < 4.78 is 5.18. The lowest BCUT2D eigenvalue weighted by Crippen LogP contribution is -2.26. The highest BCUT2D eigenvalue weighted by atomic mass is 35.5. The molecular formula is C15H15ClN2O2. The van der Waals surface area contributed by atoms with Crippen molar-refractivity contribution in [2.45, 2.75) is 31.7 Å². The fourth-order valence-electron chi connectivity index (χ4n) is 2.06. The van der Waals surface area contributed by atoms with Crippen LogP contribution in [0.1, 0.15) is 53.5 Å². The summed E-state index contributed by atoms with van der Waals surface area (Å²) in [6.07, 6.45) is 2.24. The Kier molecular flexibility index (Phi) is 3.49. The first-order valence-electron chi connectivity index (χ1n) is 6.66. The summed E-state index contributed by atoms with van der Waals surface area (Å²) in [5.41, 5.74) is 1.33. The quantitative estimate of drug-likeness (QED) is 0.934. The second-order valence-corrected chi connectivity index (χ2v) is 5.57. The molecule has 5 heteroatoms. The van der Waals surface area contributed by atoms with Crippen LogP contribution in [0.5, 0.6) is 0 Å². The van der Waals surface area contributed by atoms with Gasteiger partial charge in [0, 0.05) is 17.0 Å². The molecule has 1 aromatic carbocycles. The molecule has 1 heterocycles. The molecule has 1 unspecified atom stereocenters. The Labute approximate surface area is 122 Å². The van der Waals surface area contributed by atoms with Gasteiger partial charge in [0.2, 0.25) is 0 Å². The first-order valence-corrected chi connectivity index (χ1v) is 7.04. The topological polar surface area (TPSA) is 55.1 Å². The van der Waals surface area contributed by atoms with Gasteiger partial charge in [-0.05, 0) is 37.5 Å². The van der Waals surface area contributed by atoms with Gasteiger partial charge in [-0.25, -0.2) is 0 Å². The number of hydrogen-bond donors (Lipinski definition) is 1. The lowest BCUT2D eigenvalue weighted by Gasteiger charge is -2.13. The largest absolute Gasteiger partial charge is 0.360 e. The van der Waals surface area contributed by atoms with E-state index in [2.05, 4.69) is 10.5 Å². The zero-order valence-corrected chi connectivity index (χ0v) is 11.9. The summed E-state index contributed by atoms with van der Waals surface area (Å²) in [6, 6.07) is 9.03. The summed E-state index contributed by atoms with van der Waals surface area (Å²) in [4.78, 5) is 12.1. The van der Waals surface area contributed by atoms with Crippen molar-refractivity contribution >= 4 is 17.5 Å². The van der Waals surface area contributed by atoms with Crippen LogP contribution >= 0.6 is 11.6 Å². The van der Waals surface area contributed by atoms with Gasteiger partial charge in [0.1, 0.15) is 5.76 Å². The number of halogens is 1. The van der Waals surface area contributed by atoms with Gasteiger partial charge in [0.15, 0.2) is 5.69 Å². The highest BCUT2D eigenvalue weighted by Crippen LogP contribution is 2.40. The number of carbonyl (C=O) groups is 1. The molecule has 0 aliphatic heterocycles. The van der Waals surface area contributed by atoms with Crippen LogP contribution in [0.25, 0.3) is 0 Å². The van der Waals surface area contributed by atoms with Crippen LogP contribution in [-0.2, 0) is 0 Å². The van der Waals surface area contributed by atoms with Gasteiger partial charge < -0.3 is 9.84 Å². The lowest BCUT2D eigenvalue weighted by atomic mass is 10.1. The fourth-order valence-corrected chi connectivity index (χ4v) is 2.19. The monoisotopic (exact) mass is 290 g/mol. The van der Waals surface area contributed by atoms with E-state index in [9.17, 15) is 4.79 Å². The number of hydrogen-bond acceptors (Lipinski definition) is 3. The van der Waals surface area contributed by atoms with E-state index >= 15 is 0 Å². The Hall–Kier alpha value is -1.81. The second kappa shape index (κ2) is 5.29. The predicted octanol–water partition coefficient (Wildman–Crippen LogP) is 3.70. The minimum atomic E-state index is -0.219. The Balaban J connectivity index is 1.66. The van der Waals surface area contributed by atoms with E-state index in [0.717, 1.165) is 24.2 Å². The van der Waals surface area contributed by atoms with Crippen molar-refractivity contribution in [2.24, 2.45) is 0 Å². The second-order valence-electron chi connectivity index (χ2n) is 5.14. The van der Waals surface area contributed by atoms with Crippen LogP contribution < -0.4 is 5.32 Å². The van der Waals surface area contributed by atoms with E-state index in [1.807, 2.05) is 19.1 Å². The van der Waals surface area contributed by atoms with Crippen molar-refractivity contribution in [1.29, 1.82) is 0 Å². The highest BCUT2D eigenvalue weighted by molar-refractivity contribution is 6.30. The summed E-state index contributed by atoms with van der Waals surface area (Å²) in [5.74, 6) is 1.05. The molecule has 4 nitrogen and oxygen atoms in total. The zero-order valence-electron chi connectivity index (χ0n) is 11.1. The summed E-state index contributed by atoms with van der Waals surface area (Å²) in [6.45, 7) is 1.92. The van der Waals surface area contributed by atoms with E-state index in [0.29, 0.717) is 16.6 Å². The van der Waals surface area contributed by atoms with Crippen molar-refractivity contribution in [3.05, 3.63) is 52.4 Å². The number of carbonyl (C=O) groups excluding carboxylic acids is 1. The molecule has 1 aliphatic rings. The number of nitrogens with zero attached hydrogens (tertiary/aromatic N) is 1. The molecular weight excluding hydrogens is 276 g/mol. The molecule has 1 amide bonds. The minimum Gasteiger partial charge on any atom is -0.360 e. The Morgan fingerprint density at radius 2 is 2.10 bits per heavy atom. The minimum absolute atomic E-state index is 0.110. The van der Waals surface area contributed by atoms with Crippen LogP contribution in [0.15, 0.2) is 34.9 Å². The average molecular weight is 291 g/mol. The van der Waals surface area contributed by atoms with Gasteiger partial charge in [-0.1, -0.05) is 28.9 Å². The zero-order chi connectivity index (χ0) is 14.1. The van der Waals surface area contributed by atoms with Gasteiger partial charge >= 0.3 is 0 Å². The third-order valence-electron chi connectivity index (χ3n) is 3.46. The molecule has 0 bridgehead atoms. The molecule has 1 aromatic heterocycles. The molecule has 0 spiro atoms. The Bertz CT molecular complexity index is 617. The number of nitrogens with one attached hydrogen (secondary N) is 1. The molecule has 20 heavy (non-hydrogen) atoms. The van der Waals surface area contributed by atoms with Crippen molar-refractivity contribution in [1.82, 2.24) is 10.5 Å². The molecule has 1 atom stereocenters. The molecule has 1 saturated carbocycles. The summed E-state index contributed by atoms with van der Waals surface area (Å²) >= 11 is 5.85. The van der Waals surface area contributed by atoms with E-state index in [1.165, 1.54) is 0 Å². The predicted molar refractivity (Wildman–Crippen MR) is 75.8 cm³/mol. The van der Waals surface area contributed by atoms with Gasteiger partial charge in [-0.15, -0.1) is 0 Å². The first kappa shape index (κ1) is 13.2.